The van der Waals surface area contributed by atoms with E-state index >= 15 is 0 Å². The summed E-state index contributed by atoms with van der Waals surface area (Å²) in [6.07, 6.45) is -0.833. The van der Waals surface area contributed by atoms with E-state index in [2.05, 4.69) is 14.8 Å². The van der Waals surface area contributed by atoms with Gasteiger partial charge in [0.15, 0.2) is 6.10 Å². The van der Waals surface area contributed by atoms with E-state index in [0.29, 0.717) is 13.2 Å². The van der Waals surface area contributed by atoms with Crippen molar-refractivity contribution in [2.45, 2.75) is 13.0 Å². The molecule has 0 radical (unpaired) electrons. The molecule has 0 aliphatic rings. The third-order valence-corrected chi connectivity index (χ3v) is 3.04. The number of hydrogen-bond donors (Lipinski definition) is 1. The van der Waals surface area contributed by atoms with Gasteiger partial charge < -0.3 is 24.3 Å². The van der Waals surface area contributed by atoms with Crippen molar-refractivity contribution in [3.05, 3.63) is 29.3 Å². The first kappa shape index (κ1) is 19.4. The molecule has 0 saturated carbocycles. The minimum Gasteiger partial charge on any atom is -0.481 e. The normalized spacial score (nSPS) is 11.3. The molecule has 0 saturated heterocycles. The van der Waals surface area contributed by atoms with Crippen molar-refractivity contribution >= 4 is 17.8 Å². The van der Waals surface area contributed by atoms with Crippen molar-refractivity contribution in [1.29, 1.82) is 0 Å². The Morgan fingerprint density at radius 2 is 1.54 bits per heavy atom. The number of hydrogen-bond acceptors (Lipinski definition) is 7. The van der Waals surface area contributed by atoms with Gasteiger partial charge in [-0.3, -0.25) is 4.79 Å². The summed E-state index contributed by atoms with van der Waals surface area (Å²) < 4.78 is 19.6. The fourth-order valence-corrected chi connectivity index (χ4v) is 1.82. The van der Waals surface area contributed by atoms with Gasteiger partial charge in [0.2, 0.25) is 0 Å². The monoisotopic (exact) mass is 339 g/mol. The fourth-order valence-electron chi connectivity index (χ4n) is 1.82. The first-order chi connectivity index (χ1) is 11.4. The predicted molar refractivity (Wildman–Crippen MR) is 84.1 cm³/mol. The topological polar surface area (TPSA) is 100 Å². The maximum absolute atomic E-state index is 11.9. The van der Waals surface area contributed by atoms with Crippen LogP contribution in [0.5, 0.6) is 5.75 Å². The van der Waals surface area contributed by atoms with E-state index in [-0.39, 0.29) is 22.8 Å². The summed E-state index contributed by atoms with van der Waals surface area (Å²) in [7, 11) is 3.97. The van der Waals surface area contributed by atoms with E-state index in [9.17, 15) is 14.4 Å². The average Bonchev–Trinajstić information content (AvgIpc) is 2.59. The summed E-state index contributed by atoms with van der Waals surface area (Å²) >= 11 is 0. The van der Waals surface area contributed by atoms with Crippen LogP contribution >= 0.6 is 0 Å². The highest BCUT2D eigenvalue weighted by atomic mass is 16.5. The molecule has 0 fully saturated rings. The lowest BCUT2D eigenvalue weighted by Crippen LogP contribution is -2.38. The van der Waals surface area contributed by atoms with Gasteiger partial charge >= 0.3 is 11.9 Å². The third kappa shape index (κ3) is 5.54. The smallest absolute Gasteiger partial charge is 0.338 e. The molecule has 1 aromatic carbocycles. The second-order valence-corrected chi connectivity index (χ2v) is 4.77. The SMILES string of the molecule is COCCNC(=O)[C@H](C)Oc1cc(C(=O)OC)cc(C(=O)OC)c1. The lowest BCUT2D eigenvalue weighted by atomic mass is 10.1. The predicted octanol–water partition coefficient (Wildman–Crippen LogP) is 0.790. The quantitative estimate of drug-likeness (QED) is 0.552. The third-order valence-electron chi connectivity index (χ3n) is 3.04. The summed E-state index contributed by atoms with van der Waals surface area (Å²) in [5.41, 5.74) is 0.227. The van der Waals surface area contributed by atoms with Crippen LogP contribution in [-0.4, -0.2) is 58.4 Å². The molecule has 0 unspecified atom stereocenters. The largest absolute Gasteiger partial charge is 0.481 e. The molecule has 0 heterocycles. The Bertz CT molecular complexity index is 566. The Morgan fingerprint density at radius 1 is 1.00 bits per heavy atom. The van der Waals surface area contributed by atoms with Crippen molar-refractivity contribution < 1.29 is 33.3 Å². The first-order valence-corrected chi connectivity index (χ1v) is 7.18. The molecule has 1 rings (SSSR count). The molecule has 0 aliphatic heterocycles. The van der Waals surface area contributed by atoms with Crippen LogP contribution in [0, 0.1) is 0 Å². The van der Waals surface area contributed by atoms with E-state index in [1.54, 1.807) is 6.92 Å². The first-order valence-electron chi connectivity index (χ1n) is 7.18. The minimum absolute atomic E-state index is 0.113. The lowest BCUT2D eigenvalue weighted by molar-refractivity contribution is -0.127. The molecule has 1 atom stereocenters. The summed E-state index contributed by atoms with van der Waals surface area (Å²) in [6.45, 7) is 2.27. The molecule has 1 N–H and O–H groups in total. The second kappa shape index (κ2) is 9.51. The molecule has 0 aliphatic carbocycles. The molecule has 0 bridgehead atoms. The Kier molecular flexibility index (Phi) is 7.70. The van der Waals surface area contributed by atoms with Crippen LogP contribution in [0.3, 0.4) is 0 Å². The summed E-state index contributed by atoms with van der Waals surface area (Å²) in [5, 5.41) is 2.63. The maximum atomic E-state index is 11.9. The van der Waals surface area contributed by atoms with Crippen LogP contribution in [0.15, 0.2) is 18.2 Å². The van der Waals surface area contributed by atoms with Gasteiger partial charge in [0.05, 0.1) is 32.0 Å². The molecule has 132 valence electrons. The molecule has 8 heteroatoms. The molecule has 1 aromatic rings. The van der Waals surface area contributed by atoms with E-state index in [1.165, 1.54) is 39.5 Å². The van der Waals surface area contributed by atoms with Crippen molar-refractivity contribution in [2.24, 2.45) is 0 Å². The van der Waals surface area contributed by atoms with Crippen LogP contribution in [0.4, 0.5) is 0 Å². The van der Waals surface area contributed by atoms with E-state index in [4.69, 9.17) is 9.47 Å². The fraction of sp³-hybridized carbons (Fsp3) is 0.438. The standard InChI is InChI=1S/C16H21NO7/c1-10(14(18)17-5-6-21-2)24-13-8-11(15(19)22-3)7-12(9-13)16(20)23-4/h7-10H,5-6H2,1-4H3,(H,17,18)/t10-/m0/s1. The number of rotatable bonds is 8. The molecule has 24 heavy (non-hydrogen) atoms. The Labute approximate surface area is 140 Å². The average molecular weight is 339 g/mol. The second-order valence-electron chi connectivity index (χ2n) is 4.77. The van der Waals surface area contributed by atoms with Crippen LogP contribution in [0.2, 0.25) is 0 Å². The number of carbonyl (C=O) groups is 3. The van der Waals surface area contributed by atoms with Crippen molar-refractivity contribution in [1.82, 2.24) is 5.32 Å². The summed E-state index contributed by atoms with van der Waals surface area (Å²) in [4.78, 5) is 35.3. The van der Waals surface area contributed by atoms with Gasteiger partial charge in [-0.1, -0.05) is 0 Å². The van der Waals surface area contributed by atoms with E-state index in [1.807, 2.05) is 0 Å². The van der Waals surface area contributed by atoms with Crippen molar-refractivity contribution in [3.8, 4) is 5.75 Å². The number of methoxy groups -OCH3 is 3. The van der Waals surface area contributed by atoms with Gasteiger partial charge in [-0.15, -0.1) is 0 Å². The summed E-state index contributed by atoms with van der Waals surface area (Å²) in [5.74, 6) is -1.45. The Balaban J connectivity index is 2.94. The maximum Gasteiger partial charge on any atom is 0.338 e. The van der Waals surface area contributed by atoms with Crippen molar-refractivity contribution in [2.75, 3.05) is 34.5 Å². The van der Waals surface area contributed by atoms with Gasteiger partial charge in [0, 0.05) is 13.7 Å². The number of benzene rings is 1. The molecule has 0 spiro atoms. The zero-order valence-corrected chi connectivity index (χ0v) is 14.1. The van der Waals surface area contributed by atoms with Gasteiger partial charge in [-0.05, 0) is 25.1 Å². The Morgan fingerprint density at radius 3 is 2.00 bits per heavy atom. The van der Waals surface area contributed by atoms with Gasteiger partial charge in [0.1, 0.15) is 5.75 Å². The van der Waals surface area contributed by atoms with Crippen LogP contribution < -0.4 is 10.1 Å². The van der Waals surface area contributed by atoms with Gasteiger partial charge in [0.25, 0.3) is 5.91 Å². The van der Waals surface area contributed by atoms with Crippen molar-refractivity contribution in [3.63, 3.8) is 0 Å². The van der Waals surface area contributed by atoms with Crippen LogP contribution in [0.1, 0.15) is 27.6 Å². The lowest BCUT2D eigenvalue weighted by Gasteiger charge is -2.16. The molecular formula is C16H21NO7. The number of nitrogens with one attached hydrogen (secondary N) is 1. The minimum atomic E-state index is -0.833. The highest BCUT2D eigenvalue weighted by molar-refractivity contribution is 5.96. The van der Waals surface area contributed by atoms with Gasteiger partial charge in [-0.25, -0.2) is 9.59 Å². The van der Waals surface area contributed by atoms with Gasteiger partial charge in [-0.2, -0.15) is 0 Å². The number of amides is 1. The number of ether oxygens (including phenoxy) is 4. The molecule has 8 nitrogen and oxygen atoms in total. The Hall–Kier alpha value is -2.61. The molecule has 1 amide bonds. The number of esters is 2. The molecule has 0 aromatic heterocycles. The zero-order valence-electron chi connectivity index (χ0n) is 14.1. The number of carbonyl (C=O) groups excluding carboxylic acids is 3. The zero-order chi connectivity index (χ0) is 18.1. The highest BCUT2D eigenvalue weighted by Crippen LogP contribution is 2.20. The highest BCUT2D eigenvalue weighted by Gasteiger charge is 2.18. The van der Waals surface area contributed by atoms with Crippen LogP contribution in [-0.2, 0) is 19.0 Å². The van der Waals surface area contributed by atoms with E-state index < -0.39 is 18.0 Å². The molecular weight excluding hydrogens is 318 g/mol. The van der Waals surface area contributed by atoms with Crippen LogP contribution in [0.25, 0.3) is 0 Å². The van der Waals surface area contributed by atoms with E-state index in [0.717, 1.165) is 0 Å². The summed E-state index contributed by atoms with van der Waals surface area (Å²) in [6, 6.07) is 4.10.